The summed E-state index contributed by atoms with van der Waals surface area (Å²) in [5.74, 6) is 1.29. The number of ether oxygens (including phenoxy) is 1. The van der Waals surface area contributed by atoms with Crippen LogP contribution in [0.3, 0.4) is 0 Å². The Morgan fingerprint density at radius 2 is 2.32 bits per heavy atom. The lowest BCUT2D eigenvalue weighted by Crippen LogP contribution is -2.28. The monoisotopic (exact) mass is 248 g/mol. The molecule has 0 fully saturated rings. The van der Waals surface area contributed by atoms with Gasteiger partial charge in [0.05, 0.1) is 6.54 Å². The van der Waals surface area contributed by atoms with Gasteiger partial charge >= 0.3 is 0 Å². The molecule has 0 bridgehead atoms. The zero-order chi connectivity index (χ0) is 13.1. The van der Waals surface area contributed by atoms with Gasteiger partial charge in [-0.1, -0.05) is 18.7 Å². The molecule has 0 N–H and O–H groups in total. The molecule has 1 aromatic heterocycles. The quantitative estimate of drug-likeness (QED) is 0.653. The van der Waals surface area contributed by atoms with Crippen molar-refractivity contribution in [2.45, 2.75) is 0 Å². The van der Waals surface area contributed by atoms with Gasteiger partial charge in [-0.2, -0.15) is 0 Å². The molecule has 0 atom stereocenters. The van der Waals surface area contributed by atoms with Crippen LogP contribution in [0.15, 0.2) is 77.0 Å². The van der Waals surface area contributed by atoms with E-state index in [1.54, 1.807) is 12.3 Å². The summed E-state index contributed by atoms with van der Waals surface area (Å²) in [5.41, 5.74) is 4.71. The van der Waals surface area contributed by atoms with Crippen molar-refractivity contribution in [1.29, 1.82) is 0 Å². The molecule has 2 aliphatic rings. The second kappa shape index (κ2) is 4.92. The summed E-state index contributed by atoms with van der Waals surface area (Å²) in [5, 5.41) is 0.911. The van der Waals surface area contributed by atoms with E-state index in [0.717, 1.165) is 16.6 Å². The first-order valence-electron chi connectivity index (χ1n) is 5.99. The van der Waals surface area contributed by atoms with E-state index in [4.69, 9.17) is 4.74 Å². The molecule has 0 saturated carbocycles. The maximum absolute atomic E-state index is 5.76. The van der Waals surface area contributed by atoms with Crippen molar-refractivity contribution < 1.29 is 4.74 Å². The molecule has 3 nitrogen and oxygen atoms in total. The number of hydrogen-bond donors (Lipinski definition) is 0. The van der Waals surface area contributed by atoms with Crippen LogP contribution < -0.4 is 10.7 Å². The fraction of sp³-hybridized carbons (Fsp3) is 0.0625. The molecule has 0 unspecified atom stereocenters. The van der Waals surface area contributed by atoms with E-state index in [9.17, 15) is 0 Å². The second-order valence-corrected chi connectivity index (χ2v) is 4.17. The van der Waals surface area contributed by atoms with Crippen molar-refractivity contribution in [1.82, 2.24) is 4.98 Å². The highest BCUT2D eigenvalue weighted by Gasteiger charge is 2.07. The van der Waals surface area contributed by atoms with Gasteiger partial charge in [0.1, 0.15) is 11.5 Å². The molecule has 0 radical (unpaired) electrons. The maximum atomic E-state index is 5.76. The van der Waals surface area contributed by atoms with Crippen molar-refractivity contribution in [3.05, 3.63) is 82.7 Å². The van der Waals surface area contributed by atoms with Crippen molar-refractivity contribution in [2.24, 2.45) is 4.99 Å². The molecule has 0 amide bonds. The van der Waals surface area contributed by atoms with Crippen molar-refractivity contribution in [2.75, 3.05) is 6.54 Å². The highest BCUT2D eigenvalue weighted by atomic mass is 16.5. The van der Waals surface area contributed by atoms with Crippen molar-refractivity contribution in [3.63, 3.8) is 0 Å². The smallest absolute Gasteiger partial charge is 0.154 e. The molecule has 0 aromatic carbocycles. The standard InChI is InChI=1S/C16H12N2O/c1-12-10-13-7-5-9-17-16(13)18-11-14-6-3-2-4-8-15(14)19-12/h2-3,5-10H,1,11H2/b13-10-,18-16+. The number of rotatable bonds is 0. The third kappa shape index (κ3) is 2.46. The number of nitrogens with zero attached hydrogens (tertiary/aromatic N) is 2. The van der Waals surface area contributed by atoms with Crippen LogP contribution in [0.4, 0.5) is 0 Å². The van der Waals surface area contributed by atoms with E-state index < -0.39 is 0 Å². The Labute approximate surface area is 111 Å². The summed E-state index contributed by atoms with van der Waals surface area (Å²) in [6.07, 6.45) is 11.1. The average Bonchev–Trinajstić information content (AvgIpc) is 2.59. The van der Waals surface area contributed by atoms with Crippen LogP contribution in [-0.2, 0) is 4.74 Å². The van der Waals surface area contributed by atoms with E-state index >= 15 is 0 Å². The predicted molar refractivity (Wildman–Crippen MR) is 73.4 cm³/mol. The van der Waals surface area contributed by atoms with Gasteiger partial charge in [-0.25, -0.2) is 4.98 Å². The highest BCUT2D eigenvalue weighted by molar-refractivity contribution is 5.44. The highest BCUT2D eigenvalue weighted by Crippen LogP contribution is 2.16. The molecule has 1 aliphatic carbocycles. The molecule has 3 heteroatoms. The topological polar surface area (TPSA) is 34.5 Å². The van der Waals surface area contributed by atoms with Crippen molar-refractivity contribution in [3.8, 4) is 0 Å². The third-order valence-corrected chi connectivity index (χ3v) is 2.79. The number of hydrogen-bond acceptors (Lipinski definition) is 3. The summed E-state index contributed by atoms with van der Waals surface area (Å²) in [4.78, 5) is 8.82. The first-order valence-corrected chi connectivity index (χ1v) is 5.99. The lowest BCUT2D eigenvalue weighted by atomic mass is 10.2. The van der Waals surface area contributed by atoms with Gasteiger partial charge in [0, 0.05) is 23.1 Å². The van der Waals surface area contributed by atoms with Gasteiger partial charge in [0.25, 0.3) is 0 Å². The normalized spacial score (nSPS) is 20.5. The van der Waals surface area contributed by atoms with Gasteiger partial charge < -0.3 is 4.74 Å². The summed E-state index contributed by atoms with van der Waals surface area (Å²) in [6.45, 7) is 4.43. The molecular formula is C16H12N2O. The summed E-state index contributed by atoms with van der Waals surface area (Å²) in [7, 11) is 0. The van der Waals surface area contributed by atoms with E-state index in [2.05, 4.69) is 22.3 Å². The number of pyridine rings is 1. The van der Waals surface area contributed by atoms with E-state index in [1.807, 2.05) is 36.4 Å². The van der Waals surface area contributed by atoms with Crippen LogP contribution in [0.25, 0.3) is 6.08 Å². The molecule has 1 aliphatic heterocycles. The Bertz CT molecular complexity index is 775. The first kappa shape index (κ1) is 11.5. The van der Waals surface area contributed by atoms with Gasteiger partial charge in [0.15, 0.2) is 5.49 Å². The van der Waals surface area contributed by atoms with Gasteiger partial charge in [0.2, 0.25) is 0 Å². The van der Waals surface area contributed by atoms with Gasteiger partial charge in [-0.15, -0.1) is 5.73 Å². The molecule has 0 spiro atoms. The number of fused-ring (bicyclic) bond motifs is 1. The van der Waals surface area contributed by atoms with Crippen LogP contribution in [0.5, 0.6) is 0 Å². The lowest BCUT2D eigenvalue weighted by molar-refractivity contribution is 0.341. The minimum Gasteiger partial charge on any atom is -0.457 e. The molecule has 3 rings (SSSR count). The van der Waals surface area contributed by atoms with Crippen LogP contribution in [0.2, 0.25) is 0 Å². The van der Waals surface area contributed by atoms with Crippen LogP contribution >= 0.6 is 0 Å². The Hall–Kier alpha value is -2.64. The Morgan fingerprint density at radius 1 is 1.37 bits per heavy atom. The van der Waals surface area contributed by atoms with Gasteiger partial charge in [-0.3, -0.25) is 4.99 Å². The molecule has 1 aromatic rings. The number of aromatic nitrogens is 1. The molecular weight excluding hydrogens is 236 g/mol. The fourth-order valence-electron chi connectivity index (χ4n) is 1.90. The Balaban J connectivity index is 2.18. The zero-order valence-corrected chi connectivity index (χ0v) is 10.3. The average molecular weight is 248 g/mol. The van der Waals surface area contributed by atoms with Crippen LogP contribution in [0, 0.1) is 0 Å². The SMILES string of the molecule is C=C1/C=c2/cccn/c2=N/CC2=C(C=C=CC=C2)O1. The Kier molecular flexibility index (Phi) is 2.97. The number of allylic oxidation sites excluding steroid dienone is 3. The summed E-state index contributed by atoms with van der Waals surface area (Å²) in [6, 6.07) is 3.82. The summed E-state index contributed by atoms with van der Waals surface area (Å²) < 4.78 is 5.76. The van der Waals surface area contributed by atoms with Crippen LogP contribution in [-0.4, -0.2) is 11.5 Å². The molecule has 19 heavy (non-hydrogen) atoms. The minimum atomic E-state index is 0.517. The van der Waals surface area contributed by atoms with Crippen LogP contribution in [0.1, 0.15) is 0 Å². The third-order valence-electron chi connectivity index (χ3n) is 2.79. The summed E-state index contributed by atoms with van der Waals surface area (Å²) >= 11 is 0. The Morgan fingerprint density at radius 3 is 3.26 bits per heavy atom. The van der Waals surface area contributed by atoms with E-state index in [0.29, 0.717) is 17.8 Å². The lowest BCUT2D eigenvalue weighted by Gasteiger charge is -2.07. The van der Waals surface area contributed by atoms with E-state index in [-0.39, 0.29) is 0 Å². The molecule has 92 valence electrons. The molecule has 2 heterocycles. The predicted octanol–water partition coefficient (Wildman–Crippen LogP) is 1.56. The second-order valence-electron chi connectivity index (χ2n) is 4.17. The largest absolute Gasteiger partial charge is 0.457 e. The minimum absolute atomic E-state index is 0.517. The zero-order valence-electron chi connectivity index (χ0n) is 10.3. The molecule has 0 saturated heterocycles. The first-order chi connectivity index (χ1) is 9.33. The fourth-order valence-corrected chi connectivity index (χ4v) is 1.90. The maximum Gasteiger partial charge on any atom is 0.154 e. The van der Waals surface area contributed by atoms with E-state index in [1.165, 1.54) is 0 Å². The van der Waals surface area contributed by atoms with Gasteiger partial charge in [-0.05, 0) is 24.3 Å². The van der Waals surface area contributed by atoms with Crippen molar-refractivity contribution >= 4 is 6.08 Å².